The number of hydrogen-bond acceptors (Lipinski definition) is 4. The molecular weight excluding hydrogens is 272 g/mol. The summed E-state index contributed by atoms with van der Waals surface area (Å²) in [6, 6.07) is 13.5. The molecule has 0 fully saturated rings. The lowest BCUT2D eigenvalue weighted by molar-refractivity contribution is 0.176. The Morgan fingerprint density at radius 3 is 2.75 bits per heavy atom. The lowest BCUT2D eigenvalue weighted by Crippen LogP contribution is -2.13. The highest BCUT2D eigenvalue weighted by molar-refractivity contribution is 7.99. The van der Waals surface area contributed by atoms with Gasteiger partial charge in [-0.3, -0.25) is 5.32 Å². The molecule has 0 aliphatic rings. The molecule has 0 aliphatic heterocycles. The molecule has 100 valence electrons. The van der Waals surface area contributed by atoms with Crippen molar-refractivity contribution in [3.8, 4) is 12.3 Å². The fourth-order valence-corrected chi connectivity index (χ4v) is 2.16. The molecule has 0 bridgehead atoms. The third-order valence-corrected chi connectivity index (χ3v) is 3.19. The Hall–Kier alpha value is -2.45. The summed E-state index contributed by atoms with van der Waals surface area (Å²) >= 11 is 1.55. The lowest BCUT2D eigenvalue weighted by Gasteiger charge is -2.05. The van der Waals surface area contributed by atoms with Gasteiger partial charge >= 0.3 is 6.09 Å². The highest BCUT2D eigenvalue weighted by Gasteiger charge is 2.03. The fraction of sp³-hybridized carbons (Fsp3) is 0.0667. The molecule has 0 saturated carbocycles. The fourth-order valence-electron chi connectivity index (χ4n) is 1.39. The van der Waals surface area contributed by atoms with Crippen molar-refractivity contribution in [1.29, 1.82) is 0 Å². The number of aromatic nitrogens is 1. The second-order valence-electron chi connectivity index (χ2n) is 3.71. The highest BCUT2D eigenvalue weighted by atomic mass is 32.2. The number of carbonyl (C=O) groups excluding carboxylic acids is 1. The van der Waals surface area contributed by atoms with E-state index < -0.39 is 6.09 Å². The third-order valence-electron chi connectivity index (χ3n) is 2.23. The molecule has 1 aromatic carbocycles. The standard InChI is InChI=1S/C15H12N2O2S/c1-2-10-19-15(18)17-12-8-9-14(16-11-12)20-13-6-4-3-5-7-13/h1,3-9,11H,10H2,(H,17,18). The number of rotatable bonds is 4. The van der Waals surface area contributed by atoms with Crippen molar-refractivity contribution in [2.24, 2.45) is 0 Å². The summed E-state index contributed by atoms with van der Waals surface area (Å²) < 4.78 is 4.70. The maximum Gasteiger partial charge on any atom is 0.412 e. The van der Waals surface area contributed by atoms with Crippen LogP contribution in [0.4, 0.5) is 10.5 Å². The number of terminal acetylenes is 1. The van der Waals surface area contributed by atoms with Crippen molar-refractivity contribution >= 4 is 23.5 Å². The third kappa shape index (κ3) is 4.34. The number of carbonyl (C=O) groups is 1. The van der Waals surface area contributed by atoms with E-state index in [-0.39, 0.29) is 6.61 Å². The second kappa shape index (κ2) is 7.22. The molecule has 1 heterocycles. The molecule has 0 atom stereocenters. The van der Waals surface area contributed by atoms with Crippen molar-refractivity contribution in [3.63, 3.8) is 0 Å². The number of amides is 1. The number of nitrogens with zero attached hydrogens (tertiary/aromatic N) is 1. The number of benzene rings is 1. The average molecular weight is 284 g/mol. The van der Waals surface area contributed by atoms with Gasteiger partial charge in [-0.25, -0.2) is 9.78 Å². The van der Waals surface area contributed by atoms with E-state index in [1.54, 1.807) is 24.0 Å². The van der Waals surface area contributed by atoms with E-state index in [9.17, 15) is 4.79 Å². The van der Waals surface area contributed by atoms with Crippen molar-refractivity contribution in [2.45, 2.75) is 9.92 Å². The van der Waals surface area contributed by atoms with Gasteiger partial charge in [0.15, 0.2) is 6.61 Å². The molecule has 2 rings (SSSR count). The lowest BCUT2D eigenvalue weighted by atomic mass is 10.4. The van der Waals surface area contributed by atoms with Gasteiger partial charge in [0.05, 0.1) is 11.9 Å². The Balaban J connectivity index is 1.93. The number of ether oxygens (including phenoxy) is 1. The zero-order valence-electron chi connectivity index (χ0n) is 10.6. The Labute approximate surface area is 121 Å². The van der Waals surface area contributed by atoms with E-state index in [1.165, 1.54) is 0 Å². The van der Waals surface area contributed by atoms with E-state index in [4.69, 9.17) is 11.2 Å². The minimum atomic E-state index is -0.590. The van der Waals surface area contributed by atoms with E-state index in [1.807, 2.05) is 36.4 Å². The van der Waals surface area contributed by atoms with Gasteiger partial charge in [0.1, 0.15) is 5.03 Å². The summed E-state index contributed by atoms with van der Waals surface area (Å²) in [4.78, 5) is 16.7. The minimum absolute atomic E-state index is 0.0544. The van der Waals surface area contributed by atoms with E-state index in [0.717, 1.165) is 9.92 Å². The molecule has 1 aromatic heterocycles. The summed E-state index contributed by atoms with van der Waals surface area (Å²) in [5, 5.41) is 3.39. The monoisotopic (exact) mass is 284 g/mol. The topological polar surface area (TPSA) is 51.2 Å². The maximum atomic E-state index is 11.3. The minimum Gasteiger partial charge on any atom is -0.436 e. The smallest absolute Gasteiger partial charge is 0.412 e. The summed E-state index contributed by atoms with van der Waals surface area (Å²) in [6.07, 6.45) is 5.98. The Bertz CT molecular complexity index is 606. The van der Waals surface area contributed by atoms with Crippen molar-refractivity contribution in [1.82, 2.24) is 4.98 Å². The number of nitrogens with one attached hydrogen (secondary N) is 1. The van der Waals surface area contributed by atoms with Crippen LogP contribution in [0, 0.1) is 12.3 Å². The average Bonchev–Trinajstić information content (AvgIpc) is 2.48. The van der Waals surface area contributed by atoms with Crippen LogP contribution < -0.4 is 5.32 Å². The Morgan fingerprint density at radius 2 is 2.10 bits per heavy atom. The molecule has 5 heteroatoms. The largest absolute Gasteiger partial charge is 0.436 e. The van der Waals surface area contributed by atoms with Crippen LogP contribution in [0.2, 0.25) is 0 Å². The van der Waals surface area contributed by atoms with Gasteiger partial charge in [-0.05, 0) is 24.3 Å². The van der Waals surface area contributed by atoms with Crippen LogP contribution in [-0.4, -0.2) is 17.7 Å². The number of pyridine rings is 1. The van der Waals surface area contributed by atoms with Crippen molar-refractivity contribution < 1.29 is 9.53 Å². The molecule has 20 heavy (non-hydrogen) atoms. The first kappa shape index (κ1) is 14.0. The summed E-state index contributed by atoms with van der Waals surface area (Å²) in [5.74, 6) is 2.22. The van der Waals surface area contributed by atoms with Crippen LogP contribution in [-0.2, 0) is 4.74 Å². The van der Waals surface area contributed by atoms with Gasteiger partial charge in [0.25, 0.3) is 0 Å². The van der Waals surface area contributed by atoms with E-state index >= 15 is 0 Å². The summed E-state index contributed by atoms with van der Waals surface area (Å²) in [7, 11) is 0. The molecule has 0 saturated heterocycles. The van der Waals surface area contributed by atoms with Crippen LogP contribution in [0.25, 0.3) is 0 Å². The van der Waals surface area contributed by atoms with Gasteiger partial charge in [-0.15, -0.1) is 6.42 Å². The molecule has 0 aliphatic carbocycles. The van der Waals surface area contributed by atoms with E-state index in [0.29, 0.717) is 5.69 Å². The molecule has 1 amide bonds. The highest BCUT2D eigenvalue weighted by Crippen LogP contribution is 2.25. The van der Waals surface area contributed by atoms with E-state index in [2.05, 4.69) is 16.2 Å². The summed E-state index contributed by atoms with van der Waals surface area (Å²) in [6.45, 7) is -0.0544. The second-order valence-corrected chi connectivity index (χ2v) is 4.80. The van der Waals surface area contributed by atoms with Gasteiger partial charge in [0.2, 0.25) is 0 Å². The first-order valence-electron chi connectivity index (χ1n) is 5.84. The molecule has 0 radical (unpaired) electrons. The first-order chi connectivity index (χ1) is 9.78. The summed E-state index contributed by atoms with van der Waals surface area (Å²) in [5.41, 5.74) is 0.560. The molecule has 1 N–H and O–H groups in total. The first-order valence-corrected chi connectivity index (χ1v) is 6.66. The SMILES string of the molecule is C#CCOC(=O)Nc1ccc(Sc2ccccc2)nc1. The van der Waals surface area contributed by atoms with Crippen molar-refractivity contribution in [3.05, 3.63) is 48.7 Å². The maximum absolute atomic E-state index is 11.3. The quantitative estimate of drug-likeness (QED) is 0.874. The van der Waals surface area contributed by atoms with Crippen LogP contribution in [0.15, 0.2) is 58.6 Å². The normalized spacial score (nSPS) is 9.55. The van der Waals surface area contributed by atoms with Crippen LogP contribution in [0.1, 0.15) is 0 Å². The number of hydrogen-bond donors (Lipinski definition) is 1. The van der Waals surface area contributed by atoms with Crippen LogP contribution in [0.5, 0.6) is 0 Å². The zero-order chi connectivity index (χ0) is 14.2. The molecule has 0 unspecified atom stereocenters. The Morgan fingerprint density at radius 1 is 1.30 bits per heavy atom. The van der Waals surface area contributed by atoms with Crippen molar-refractivity contribution in [2.75, 3.05) is 11.9 Å². The number of anilines is 1. The Kier molecular flexibility index (Phi) is 5.04. The van der Waals surface area contributed by atoms with Crippen LogP contribution >= 0.6 is 11.8 Å². The van der Waals surface area contributed by atoms with Gasteiger partial charge in [-0.1, -0.05) is 35.9 Å². The predicted molar refractivity (Wildman–Crippen MR) is 78.6 cm³/mol. The van der Waals surface area contributed by atoms with Gasteiger partial charge in [-0.2, -0.15) is 0 Å². The van der Waals surface area contributed by atoms with Crippen LogP contribution in [0.3, 0.4) is 0 Å². The molecule has 2 aromatic rings. The zero-order valence-corrected chi connectivity index (χ0v) is 11.4. The van der Waals surface area contributed by atoms with Gasteiger partial charge in [0, 0.05) is 4.90 Å². The molecule has 0 spiro atoms. The molecular formula is C15H12N2O2S. The predicted octanol–water partition coefficient (Wildman–Crippen LogP) is 3.41. The van der Waals surface area contributed by atoms with Gasteiger partial charge < -0.3 is 4.74 Å². The molecule has 4 nitrogen and oxygen atoms in total.